The predicted molar refractivity (Wildman–Crippen MR) is 176 cm³/mol. The van der Waals surface area contributed by atoms with Crippen LogP contribution < -0.4 is 0 Å². The molecule has 0 amide bonds. The van der Waals surface area contributed by atoms with Crippen LogP contribution in [0, 0.1) is 0 Å². The third-order valence-electron chi connectivity index (χ3n) is 6.31. The monoisotopic (exact) mass is 576 g/mol. The molecular formula is C36H32N8. The third kappa shape index (κ3) is 8.37. The molecule has 0 radical (unpaired) electrons. The SMILES string of the molecule is c1c[nH]cn1.c1c[nH]cn1.c1ccc(-c2nc[nH]c2-c2ccccc2)cc1.c1ccc(-c2nc[nH]c2-c2ccccc2)cc1. The molecule has 8 nitrogen and oxygen atoms in total. The van der Waals surface area contributed by atoms with Crippen LogP contribution in [0.1, 0.15) is 0 Å². The normalized spacial score (nSPS) is 9.82. The van der Waals surface area contributed by atoms with E-state index in [0.717, 1.165) is 45.0 Å². The average Bonchev–Trinajstić information content (AvgIpc) is 3.96. The van der Waals surface area contributed by atoms with E-state index in [9.17, 15) is 0 Å². The quantitative estimate of drug-likeness (QED) is 0.169. The number of rotatable bonds is 4. The topological polar surface area (TPSA) is 115 Å². The lowest BCUT2D eigenvalue weighted by atomic mass is 10.1. The van der Waals surface area contributed by atoms with E-state index in [2.05, 4.69) is 88.4 Å². The fourth-order valence-corrected chi connectivity index (χ4v) is 4.30. The van der Waals surface area contributed by atoms with E-state index in [1.165, 1.54) is 0 Å². The van der Waals surface area contributed by atoms with Crippen LogP contribution in [0.3, 0.4) is 0 Å². The van der Waals surface area contributed by atoms with Crippen molar-refractivity contribution in [2.45, 2.75) is 0 Å². The van der Waals surface area contributed by atoms with Gasteiger partial charge in [0.2, 0.25) is 0 Å². The molecule has 4 aromatic heterocycles. The number of H-pyrrole nitrogens is 4. The lowest BCUT2D eigenvalue weighted by Crippen LogP contribution is -1.82. The van der Waals surface area contributed by atoms with Crippen molar-refractivity contribution < 1.29 is 0 Å². The Hall–Kier alpha value is -6.28. The molecule has 4 heterocycles. The van der Waals surface area contributed by atoms with Crippen molar-refractivity contribution in [3.8, 4) is 45.0 Å². The smallest absolute Gasteiger partial charge is 0.0960 e. The summed E-state index contributed by atoms with van der Waals surface area (Å²) in [5.41, 5.74) is 8.70. The van der Waals surface area contributed by atoms with Crippen LogP contribution in [0.15, 0.2) is 171 Å². The second-order valence-corrected chi connectivity index (χ2v) is 9.24. The van der Waals surface area contributed by atoms with Crippen molar-refractivity contribution in [2.24, 2.45) is 0 Å². The van der Waals surface area contributed by atoms with E-state index in [1.54, 1.807) is 50.1 Å². The van der Waals surface area contributed by atoms with Crippen LogP contribution >= 0.6 is 0 Å². The molecule has 8 heteroatoms. The van der Waals surface area contributed by atoms with Gasteiger partial charge in [-0.15, -0.1) is 0 Å². The van der Waals surface area contributed by atoms with E-state index in [-0.39, 0.29) is 0 Å². The zero-order chi connectivity index (χ0) is 30.1. The van der Waals surface area contributed by atoms with Gasteiger partial charge in [-0.3, -0.25) is 0 Å². The second kappa shape index (κ2) is 16.2. The van der Waals surface area contributed by atoms with Gasteiger partial charge in [0.15, 0.2) is 0 Å². The molecule has 44 heavy (non-hydrogen) atoms. The zero-order valence-corrected chi connectivity index (χ0v) is 24.0. The van der Waals surface area contributed by atoms with Gasteiger partial charge < -0.3 is 19.9 Å². The average molecular weight is 577 g/mol. The Balaban J connectivity index is 0.000000133. The highest BCUT2D eigenvalue weighted by Crippen LogP contribution is 2.29. The van der Waals surface area contributed by atoms with Crippen LogP contribution in [-0.2, 0) is 0 Å². The Kier molecular flexibility index (Phi) is 10.8. The van der Waals surface area contributed by atoms with Crippen molar-refractivity contribution in [3.05, 3.63) is 171 Å². The van der Waals surface area contributed by atoms with E-state index in [1.807, 2.05) is 72.8 Å². The van der Waals surface area contributed by atoms with E-state index < -0.39 is 0 Å². The van der Waals surface area contributed by atoms with Crippen LogP contribution in [0.25, 0.3) is 45.0 Å². The Morgan fingerprint density at radius 2 is 0.705 bits per heavy atom. The van der Waals surface area contributed by atoms with E-state index >= 15 is 0 Å². The van der Waals surface area contributed by atoms with Crippen LogP contribution in [0.5, 0.6) is 0 Å². The molecule has 0 fully saturated rings. The number of hydrogen-bond acceptors (Lipinski definition) is 4. The number of imidazole rings is 4. The zero-order valence-electron chi connectivity index (χ0n) is 24.0. The predicted octanol–water partition coefficient (Wildman–Crippen LogP) is 8.31. The number of nitrogens with one attached hydrogen (secondary N) is 4. The lowest BCUT2D eigenvalue weighted by Gasteiger charge is -2.02. The molecule has 8 aromatic rings. The van der Waals surface area contributed by atoms with Crippen LogP contribution in [-0.4, -0.2) is 39.9 Å². The highest BCUT2D eigenvalue weighted by atomic mass is 14.9. The molecule has 4 N–H and O–H groups in total. The van der Waals surface area contributed by atoms with Gasteiger partial charge in [0.05, 0.1) is 48.1 Å². The van der Waals surface area contributed by atoms with Gasteiger partial charge in [-0.25, -0.2) is 19.9 Å². The van der Waals surface area contributed by atoms with Gasteiger partial charge in [-0.05, 0) is 0 Å². The number of benzene rings is 4. The van der Waals surface area contributed by atoms with Crippen molar-refractivity contribution in [3.63, 3.8) is 0 Å². The summed E-state index contributed by atoms with van der Waals surface area (Å²) >= 11 is 0. The number of hydrogen-bond donors (Lipinski definition) is 4. The second-order valence-electron chi connectivity index (χ2n) is 9.24. The van der Waals surface area contributed by atoms with Crippen molar-refractivity contribution in [1.29, 1.82) is 0 Å². The highest BCUT2D eigenvalue weighted by Gasteiger charge is 2.10. The molecule has 0 unspecified atom stereocenters. The summed E-state index contributed by atoms with van der Waals surface area (Å²) < 4.78 is 0. The molecule has 0 atom stereocenters. The number of aromatic nitrogens is 8. The molecule has 0 aliphatic heterocycles. The Labute approximate surface area is 256 Å². The Morgan fingerprint density at radius 1 is 0.364 bits per heavy atom. The molecule has 0 bridgehead atoms. The first-order chi connectivity index (χ1) is 21.9. The Morgan fingerprint density at radius 3 is 0.977 bits per heavy atom. The van der Waals surface area contributed by atoms with Gasteiger partial charge in [0.1, 0.15) is 0 Å². The molecule has 0 saturated carbocycles. The maximum atomic E-state index is 4.41. The Bertz CT molecular complexity index is 1550. The minimum Gasteiger partial charge on any atom is -0.351 e. The first-order valence-electron chi connectivity index (χ1n) is 14.0. The lowest BCUT2D eigenvalue weighted by molar-refractivity contribution is 1.31. The highest BCUT2D eigenvalue weighted by molar-refractivity contribution is 5.78. The van der Waals surface area contributed by atoms with E-state index in [0.29, 0.717) is 0 Å². The van der Waals surface area contributed by atoms with Crippen LogP contribution in [0.4, 0.5) is 0 Å². The number of aromatic amines is 4. The summed E-state index contributed by atoms with van der Waals surface area (Å²) in [5.74, 6) is 0. The van der Waals surface area contributed by atoms with Gasteiger partial charge in [0.25, 0.3) is 0 Å². The van der Waals surface area contributed by atoms with Gasteiger partial charge in [-0.1, -0.05) is 121 Å². The summed E-state index contributed by atoms with van der Waals surface area (Å²) in [5, 5.41) is 0. The molecule has 4 aromatic carbocycles. The minimum atomic E-state index is 0.997. The summed E-state index contributed by atoms with van der Waals surface area (Å²) in [4.78, 5) is 28.1. The molecule has 0 aliphatic rings. The summed E-state index contributed by atoms with van der Waals surface area (Å²) in [6.45, 7) is 0. The fourth-order valence-electron chi connectivity index (χ4n) is 4.30. The van der Waals surface area contributed by atoms with E-state index in [4.69, 9.17) is 0 Å². The first-order valence-corrected chi connectivity index (χ1v) is 14.0. The minimum absolute atomic E-state index is 0.997. The fraction of sp³-hybridized carbons (Fsp3) is 0. The molecule has 8 rings (SSSR count). The van der Waals surface area contributed by atoms with Crippen molar-refractivity contribution >= 4 is 0 Å². The van der Waals surface area contributed by atoms with Gasteiger partial charge >= 0.3 is 0 Å². The molecule has 0 saturated heterocycles. The van der Waals surface area contributed by atoms with Gasteiger partial charge in [-0.2, -0.15) is 0 Å². The number of nitrogens with zero attached hydrogens (tertiary/aromatic N) is 4. The summed E-state index contributed by atoms with van der Waals surface area (Å²) in [7, 11) is 0. The summed E-state index contributed by atoms with van der Waals surface area (Å²) in [6, 6.07) is 40.9. The summed E-state index contributed by atoms with van der Waals surface area (Å²) in [6.07, 6.45) is 13.6. The molecule has 216 valence electrons. The maximum Gasteiger partial charge on any atom is 0.0960 e. The third-order valence-corrected chi connectivity index (χ3v) is 6.31. The molecular weight excluding hydrogens is 544 g/mol. The molecule has 0 spiro atoms. The first kappa shape index (κ1) is 29.2. The van der Waals surface area contributed by atoms with Gasteiger partial charge in [0, 0.05) is 47.0 Å². The van der Waals surface area contributed by atoms with Crippen molar-refractivity contribution in [1.82, 2.24) is 39.9 Å². The largest absolute Gasteiger partial charge is 0.351 e. The molecule has 0 aliphatic carbocycles. The van der Waals surface area contributed by atoms with Crippen LogP contribution in [0.2, 0.25) is 0 Å². The standard InChI is InChI=1S/2C15H12N2.2C3H4N2/c2*1-3-7-12(8-4-1)14-15(17-11-16-14)13-9-5-2-6-10-13;2*1-2-5-3-4-1/h2*1-11H,(H,16,17);2*1-3H,(H,4,5). The maximum absolute atomic E-state index is 4.41. The van der Waals surface area contributed by atoms with Crippen molar-refractivity contribution in [2.75, 3.05) is 0 Å².